The molecule has 0 atom stereocenters. The number of rotatable bonds is 1. The molecule has 0 aliphatic carbocycles. The van der Waals surface area contributed by atoms with Gasteiger partial charge in [-0.25, -0.2) is 0 Å². The van der Waals surface area contributed by atoms with Crippen molar-refractivity contribution >= 4 is 22.9 Å². The highest BCUT2D eigenvalue weighted by molar-refractivity contribution is 7.18. The molecule has 6 nitrogen and oxygen atoms in total. The van der Waals surface area contributed by atoms with Crippen LogP contribution in [0.5, 0.6) is 5.75 Å². The van der Waals surface area contributed by atoms with Gasteiger partial charge in [-0.05, 0) is 13.8 Å². The van der Waals surface area contributed by atoms with Gasteiger partial charge in [-0.1, -0.05) is 0 Å². The normalized spacial score (nSPS) is 19.3. The van der Waals surface area contributed by atoms with E-state index in [4.69, 9.17) is 4.74 Å². The molecule has 0 bridgehead atoms. The number of nitrogens with zero attached hydrogens (tertiary/aromatic N) is 2. The molecule has 0 saturated heterocycles. The number of aromatic nitrogens is 2. The smallest absolute Gasteiger partial charge is 0.265 e. The summed E-state index contributed by atoms with van der Waals surface area (Å²) in [6.07, 6.45) is 3.57. The summed E-state index contributed by atoms with van der Waals surface area (Å²) in [5, 5.41) is 9.83. The van der Waals surface area contributed by atoms with Crippen LogP contribution in [-0.2, 0) is 0 Å². The molecule has 1 amide bonds. The lowest BCUT2D eigenvalue weighted by Gasteiger charge is -2.45. The van der Waals surface area contributed by atoms with Gasteiger partial charge in [0.1, 0.15) is 22.8 Å². The lowest BCUT2D eigenvalue weighted by Crippen LogP contribution is -2.61. The Morgan fingerprint density at radius 2 is 2.30 bits per heavy atom. The van der Waals surface area contributed by atoms with Crippen LogP contribution in [0.2, 0.25) is 0 Å². The Bertz CT molecular complexity index is 690. The van der Waals surface area contributed by atoms with Gasteiger partial charge in [0, 0.05) is 11.8 Å². The average Bonchev–Trinajstić information content (AvgIpc) is 3.03. The van der Waals surface area contributed by atoms with Crippen LogP contribution in [0.3, 0.4) is 0 Å². The van der Waals surface area contributed by atoms with Crippen LogP contribution < -0.4 is 15.0 Å². The van der Waals surface area contributed by atoms with Crippen molar-refractivity contribution in [2.24, 2.45) is 0 Å². The van der Waals surface area contributed by atoms with E-state index in [0.29, 0.717) is 6.61 Å². The summed E-state index contributed by atoms with van der Waals surface area (Å²) < 4.78 is 5.85. The Hall–Kier alpha value is -2.02. The number of anilines is 1. The van der Waals surface area contributed by atoms with Crippen molar-refractivity contribution in [2.75, 3.05) is 18.1 Å². The summed E-state index contributed by atoms with van der Waals surface area (Å²) in [5.41, 5.74) is 1.48. The largest absolute Gasteiger partial charge is 0.488 e. The Labute approximate surface area is 119 Å². The molecule has 0 saturated carbocycles. The van der Waals surface area contributed by atoms with E-state index in [0.717, 1.165) is 33.3 Å². The van der Waals surface area contributed by atoms with Gasteiger partial charge >= 0.3 is 0 Å². The first-order valence-electron chi connectivity index (χ1n) is 6.47. The van der Waals surface area contributed by atoms with Gasteiger partial charge in [0.15, 0.2) is 5.75 Å². The fraction of sp³-hybridized carbons (Fsp3) is 0.385. The maximum Gasteiger partial charge on any atom is 0.265 e. The summed E-state index contributed by atoms with van der Waals surface area (Å²) in [4.78, 5) is 16.2. The van der Waals surface area contributed by atoms with Gasteiger partial charge < -0.3 is 15.0 Å². The van der Waals surface area contributed by atoms with Crippen LogP contribution in [0.15, 0.2) is 12.4 Å². The minimum Gasteiger partial charge on any atom is -0.488 e. The quantitative estimate of drug-likeness (QED) is 0.840. The van der Waals surface area contributed by atoms with E-state index in [2.05, 4.69) is 20.4 Å². The van der Waals surface area contributed by atoms with E-state index >= 15 is 0 Å². The van der Waals surface area contributed by atoms with Crippen molar-refractivity contribution in [2.45, 2.75) is 19.5 Å². The zero-order valence-electron chi connectivity index (χ0n) is 11.2. The molecular formula is C13H14N4O2S. The third-order valence-corrected chi connectivity index (χ3v) is 4.94. The minimum absolute atomic E-state index is 0.0345. The Balaban J connectivity index is 1.97. The first kappa shape index (κ1) is 11.8. The fourth-order valence-electron chi connectivity index (χ4n) is 2.82. The fourth-order valence-corrected chi connectivity index (χ4v) is 3.94. The van der Waals surface area contributed by atoms with Crippen molar-refractivity contribution in [3.8, 4) is 16.2 Å². The van der Waals surface area contributed by atoms with Crippen molar-refractivity contribution in [3.05, 3.63) is 17.3 Å². The zero-order valence-corrected chi connectivity index (χ0v) is 12.0. The third-order valence-electron chi connectivity index (χ3n) is 3.73. The molecule has 0 fully saturated rings. The Morgan fingerprint density at radius 1 is 1.45 bits per heavy atom. The lowest BCUT2D eigenvalue weighted by molar-refractivity contribution is 0.0895. The molecule has 2 aromatic heterocycles. The predicted octanol–water partition coefficient (Wildman–Crippen LogP) is 1.82. The van der Waals surface area contributed by atoms with Gasteiger partial charge in [-0.3, -0.25) is 9.89 Å². The SMILES string of the molecule is CC1(C)NC(=O)c2sc(-c3cn[nH]c3)c3c2N1CCO3. The molecule has 0 radical (unpaired) electrons. The number of hydrogen-bond donors (Lipinski definition) is 2. The van der Waals surface area contributed by atoms with Gasteiger partial charge in [0.2, 0.25) is 0 Å². The van der Waals surface area contributed by atoms with E-state index in [1.165, 1.54) is 11.3 Å². The van der Waals surface area contributed by atoms with Gasteiger partial charge in [0.05, 0.1) is 17.6 Å². The Kier molecular flexibility index (Phi) is 2.21. The Morgan fingerprint density at radius 3 is 3.05 bits per heavy atom. The number of nitrogens with one attached hydrogen (secondary N) is 2. The molecule has 0 spiro atoms. The molecule has 0 aromatic carbocycles. The van der Waals surface area contributed by atoms with Crippen LogP contribution in [-0.4, -0.2) is 34.9 Å². The monoisotopic (exact) mass is 290 g/mol. The van der Waals surface area contributed by atoms with Crippen molar-refractivity contribution in [1.82, 2.24) is 15.5 Å². The highest BCUT2D eigenvalue weighted by atomic mass is 32.1. The van der Waals surface area contributed by atoms with E-state index in [1.54, 1.807) is 6.20 Å². The average molecular weight is 290 g/mol. The number of ether oxygens (including phenoxy) is 1. The summed E-state index contributed by atoms with van der Waals surface area (Å²) >= 11 is 1.46. The third kappa shape index (κ3) is 1.44. The molecule has 104 valence electrons. The molecule has 2 aliphatic rings. The standard InChI is InChI=1S/C13H14N4O2S/c1-13(2)16-12(18)11-8-9(19-4-3-17(8)13)10(20-11)7-5-14-15-6-7/h5-6H,3-4H2,1-2H3,(H,14,15)(H,16,18). The summed E-state index contributed by atoms with van der Waals surface area (Å²) in [5.74, 6) is 0.772. The maximum atomic E-state index is 12.3. The highest BCUT2D eigenvalue weighted by Gasteiger charge is 2.43. The van der Waals surface area contributed by atoms with E-state index in [-0.39, 0.29) is 5.91 Å². The van der Waals surface area contributed by atoms with E-state index < -0.39 is 5.66 Å². The van der Waals surface area contributed by atoms with Crippen LogP contribution in [0, 0.1) is 0 Å². The number of carbonyl (C=O) groups excluding carboxylic acids is 1. The van der Waals surface area contributed by atoms with Gasteiger partial charge in [-0.15, -0.1) is 11.3 Å². The highest BCUT2D eigenvalue weighted by Crippen LogP contribution is 2.52. The van der Waals surface area contributed by atoms with Crippen molar-refractivity contribution in [1.29, 1.82) is 0 Å². The maximum absolute atomic E-state index is 12.3. The van der Waals surface area contributed by atoms with Crippen molar-refractivity contribution in [3.63, 3.8) is 0 Å². The van der Waals surface area contributed by atoms with E-state index in [1.807, 2.05) is 20.0 Å². The molecule has 2 aliphatic heterocycles. The first-order chi connectivity index (χ1) is 9.58. The van der Waals surface area contributed by atoms with Crippen LogP contribution >= 0.6 is 11.3 Å². The number of thiophene rings is 1. The number of amides is 1. The lowest BCUT2D eigenvalue weighted by atomic mass is 10.1. The molecule has 2 N–H and O–H groups in total. The molecule has 7 heteroatoms. The molecular weight excluding hydrogens is 276 g/mol. The second-order valence-corrected chi connectivity index (χ2v) is 6.46. The summed E-state index contributed by atoms with van der Waals surface area (Å²) in [6, 6.07) is 0. The molecule has 2 aromatic rings. The minimum atomic E-state index is -0.392. The summed E-state index contributed by atoms with van der Waals surface area (Å²) in [7, 11) is 0. The molecule has 0 unspecified atom stereocenters. The predicted molar refractivity (Wildman–Crippen MR) is 76.3 cm³/mol. The first-order valence-corrected chi connectivity index (χ1v) is 7.28. The van der Waals surface area contributed by atoms with Crippen LogP contribution in [0.4, 0.5) is 5.69 Å². The van der Waals surface area contributed by atoms with Crippen LogP contribution in [0.1, 0.15) is 23.5 Å². The van der Waals surface area contributed by atoms with E-state index in [9.17, 15) is 4.79 Å². The second-order valence-electron chi connectivity index (χ2n) is 5.44. The van der Waals surface area contributed by atoms with Crippen LogP contribution in [0.25, 0.3) is 10.4 Å². The topological polar surface area (TPSA) is 70.2 Å². The molecule has 4 heterocycles. The molecule has 4 rings (SSSR count). The summed E-state index contributed by atoms with van der Waals surface area (Å²) in [6.45, 7) is 5.42. The van der Waals surface area contributed by atoms with Crippen molar-refractivity contribution < 1.29 is 9.53 Å². The second kappa shape index (κ2) is 3.76. The number of H-pyrrole nitrogens is 1. The number of carbonyl (C=O) groups is 1. The zero-order chi connectivity index (χ0) is 13.9. The number of aromatic amines is 1. The van der Waals surface area contributed by atoms with Gasteiger partial charge in [-0.2, -0.15) is 5.10 Å². The molecule has 20 heavy (non-hydrogen) atoms. The van der Waals surface area contributed by atoms with Gasteiger partial charge in [0.25, 0.3) is 5.91 Å². The number of hydrogen-bond acceptors (Lipinski definition) is 5.